The van der Waals surface area contributed by atoms with Gasteiger partial charge in [-0.3, -0.25) is 4.79 Å². The van der Waals surface area contributed by atoms with Gasteiger partial charge < -0.3 is 15.8 Å². The Labute approximate surface area is 124 Å². The number of carbonyl (C=O) groups is 1. The summed E-state index contributed by atoms with van der Waals surface area (Å²) in [6, 6.07) is 12.6. The van der Waals surface area contributed by atoms with Crippen LogP contribution in [0, 0.1) is 3.57 Å². The van der Waals surface area contributed by atoms with E-state index in [-0.39, 0.29) is 5.91 Å². The third-order valence-corrected chi connectivity index (χ3v) is 3.60. The van der Waals surface area contributed by atoms with Crippen molar-refractivity contribution < 1.29 is 9.53 Å². The zero-order valence-corrected chi connectivity index (χ0v) is 12.0. The molecule has 0 spiro atoms. The van der Waals surface area contributed by atoms with Crippen LogP contribution < -0.4 is 15.8 Å². The Balaban J connectivity index is 1.88. The van der Waals surface area contributed by atoms with E-state index in [1.165, 1.54) is 0 Å². The molecule has 3 rings (SSSR count). The fourth-order valence-corrected chi connectivity index (χ4v) is 2.51. The fraction of sp³-hybridized carbons (Fsp3) is 0.0714. The van der Waals surface area contributed by atoms with Crippen LogP contribution in [0.3, 0.4) is 0 Å². The predicted molar refractivity (Wildman–Crippen MR) is 81.2 cm³/mol. The zero-order chi connectivity index (χ0) is 13.4. The number of fused-ring (bicyclic) bond motifs is 1. The van der Waals surface area contributed by atoms with Crippen LogP contribution in [0.25, 0.3) is 0 Å². The number of nitrogens with one attached hydrogen (secondary N) is 1. The zero-order valence-electron chi connectivity index (χ0n) is 9.89. The molecule has 1 atom stereocenters. The summed E-state index contributed by atoms with van der Waals surface area (Å²) in [5.74, 6) is 1.26. The van der Waals surface area contributed by atoms with Crippen molar-refractivity contribution in [2.45, 2.75) is 6.04 Å². The summed E-state index contributed by atoms with van der Waals surface area (Å²) in [6.45, 7) is 0. The highest BCUT2D eigenvalue weighted by Gasteiger charge is 2.27. The van der Waals surface area contributed by atoms with Crippen LogP contribution in [0.4, 0.5) is 5.69 Å². The minimum Gasteiger partial charge on any atom is -0.457 e. The standard InChI is InChI=1S/C14H11IN2O2/c15-8-2-1-3-9(6-8)19-10-4-5-11-12(7-10)17-14(18)13(11)16/h1-7,13H,16H2,(H,17,18). The van der Waals surface area contributed by atoms with Gasteiger partial charge in [-0.1, -0.05) is 12.1 Å². The van der Waals surface area contributed by atoms with Crippen LogP contribution >= 0.6 is 22.6 Å². The van der Waals surface area contributed by atoms with Crippen LogP contribution in [-0.4, -0.2) is 5.91 Å². The average Bonchev–Trinajstić information content (AvgIpc) is 2.65. The van der Waals surface area contributed by atoms with E-state index in [1.54, 1.807) is 6.07 Å². The van der Waals surface area contributed by atoms with Crippen molar-refractivity contribution >= 4 is 34.2 Å². The average molecular weight is 366 g/mol. The Kier molecular flexibility index (Phi) is 3.16. The Hall–Kier alpha value is -1.60. The first-order chi connectivity index (χ1) is 9.13. The molecule has 0 bridgehead atoms. The maximum Gasteiger partial charge on any atom is 0.245 e. The van der Waals surface area contributed by atoms with Gasteiger partial charge in [-0.05, 0) is 46.9 Å². The van der Waals surface area contributed by atoms with Gasteiger partial charge in [0, 0.05) is 20.9 Å². The molecular formula is C14H11IN2O2. The number of carbonyl (C=O) groups excluding carboxylic acids is 1. The van der Waals surface area contributed by atoms with Crippen molar-refractivity contribution in [2.24, 2.45) is 5.73 Å². The fourth-order valence-electron chi connectivity index (χ4n) is 2.00. The van der Waals surface area contributed by atoms with Crippen LogP contribution in [0.2, 0.25) is 0 Å². The molecule has 19 heavy (non-hydrogen) atoms. The molecule has 0 aromatic heterocycles. The monoisotopic (exact) mass is 366 g/mol. The highest BCUT2D eigenvalue weighted by atomic mass is 127. The molecule has 4 nitrogen and oxygen atoms in total. The summed E-state index contributed by atoms with van der Waals surface area (Å²) in [6.07, 6.45) is 0. The molecule has 3 N–H and O–H groups in total. The van der Waals surface area contributed by atoms with E-state index in [2.05, 4.69) is 27.9 Å². The van der Waals surface area contributed by atoms with Gasteiger partial charge >= 0.3 is 0 Å². The molecule has 1 aliphatic heterocycles. The van der Waals surface area contributed by atoms with Crippen molar-refractivity contribution in [3.8, 4) is 11.5 Å². The van der Waals surface area contributed by atoms with Gasteiger partial charge in [0.2, 0.25) is 5.91 Å². The summed E-state index contributed by atoms with van der Waals surface area (Å²) in [5, 5.41) is 2.74. The van der Waals surface area contributed by atoms with E-state index >= 15 is 0 Å². The van der Waals surface area contributed by atoms with E-state index in [0.29, 0.717) is 5.75 Å². The van der Waals surface area contributed by atoms with E-state index in [1.807, 2.05) is 36.4 Å². The number of halogens is 1. The second kappa shape index (κ2) is 4.82. The quantitative estimate of drug-likeness (QED) is 0.804. The summed E-state index contributed by atoms with van der Waals surface area (Å²) in [4.78, 5) is 11.5. The van der Waals surface area contributed by atoms with Crippen LogP contribution in [0.1, 0.15) is 11.6 Å². The van der Waals surface area contributed by atoms with Gasteiger partial charge in [-0.25, -0.2) is 0 Å². The van der Waals surface area contributed by atoms with Gasteiger partial charge in [-0.2, -0.15) is 0 Å². The van der Waals surface area contributed by atoms with Crippen LogP contribution in [0.15, 0.2) is 42.5 Å². The second-order valence-electron chi connectivity index (χ2n) is 4.28. The normalized spacial score (nSPS) is 16.9. The number of nitrogens with two attached hydrogens (primary N) is 1. The molecule has 0 fully saturated rings. The lowest BCUT2D eigenvalue weighted by molar-refractivity contribution is -0.116. The number of amides is 1. The minimum atomic E-state index is -0.582. The third-order valence-electron chi connectivity index (χ3n) is 2.93. The van der Waals surface area contributed by atoms with Crippen molar-refractivity contribution in [2.75, 3.05) is 5.32 Å². The van der Waals surface area contributed by atoms with Gasteiger partial charge in [-0.15, -0.1) is 0 Å². The highest BCUT2D eigenvalue weighted by molar-refractivity contribution is 14.1. The second-order valence-corrected chi connectivity index (χ2v) is 5.52. The molecule has 0 saturated heterocycles. The molecule has 2 aromatic rings. The largest absolute Gasteiger partial charge is 0.457 e. The predicted octanol–water partition coefficient (Wildman–Crippen LogP) is 3.04. The first-order valence-corrected chi connectivity index (χ1v) is 6.85. The first-order valence-electron chi connectivity index (χ1n) is 5.77. The van der Waals surface area contributed by atoms with Crippen molar-refractivity contribution in [3.63, 3.8) is 0 Å². The van der Waals surface area contributed by atoms with Crippen LogP contribution in [-0.2, 0) is 4.79 Å². The van der Waals surface area contributed by atoms with E-state index < -0.39 is 6.04 Å². The summed E-state index contributed by atoms with van der Waals surface area (Å²) in [7, 11) is 0. The third kappa shape index (κ3) is 2.43. The van der Waals surface area contributed by atoms with E-state index in [0.717, 1.165) is 20.6 Å². The van der Waals surface area contributed by atoms with E-state index in [9.17, 15) is 4.79 Å². The smallest absolute Gasteiger partial charge is 0.245 e. The van der Waals surface area contributed by atoms with Crippen molar-refractivity contribution in [3.05, 3.63) is 51.6 Å². The molecule has 1 amide bonds. The van der Waals surface area contributed by atoms with Crippen LogP contribution in [0.5, 0.6) is 11.5 Å². The maximum absolute atomic E-state index is 11.5. The minimum absolute atomic E-state index is 0.179. The molecule has 0 saturated carbocycles. The molecule has 0 radical (unpaired) electrons. The van der Waals surface area contributed by atoms with Crippen molar-refractivity contribution in [1.29, 1.82) is 0 Å². The Morgan fingerprint density at radius 2 is 1.95 bits per heavy atom. The highest BCUT2D eigenvalue weighted by Crippen LogP contribution is 2.34. The van der Waals surface area contributed by atoms with Gasteiger partial charge in [0.05, 0.1) is 0 Å². The molecule has 0 aliphatic carbocycles. The molecule has 5 heteroatoms. The Morgan fingerprint density at radius 3 is 2.74 bits per heavy atom. The molecule has 96 valence electrons. The number of hydrogen-bond donors (Lipinski definition) is 2. The Bertz CT molecular complexity index is 658. The number of hydrogen-bond acceptors (Lipinski definition) is 3. The summed E-state index contributed by atoms with van der Waals surface area (Å²) in [5.41, 5.74) is 7.29. The number of benzene rings is 2. The summed E-state index contributed by atoms with van der Waals surface area (Å²) >= 11 is 2.23. The molecule has 2 aromatic carbocycles. The first kappa shape index (κ1) is 12.4. The molecule has 1 unspecified atom stereocenters. The van der Waals surface area contributed by atoms with Crippen molar-refractivity contribution in [1.82, 2.24) is 0 Å². The lowest BCUT2D eigenvalue weighted by Gasteiger charge is -2.08. The lowest BCUT2D eigenvalue weighted by Crippen LogP contribution is -2.19. The van der Waals surface area contributed by atoms with Gasteiger partial charge in [0.15, 0.2) is 0 Å². The van der Waals surface area contributed by atoms with Gasteiger partial charge in [0.25, 0.3) is 0 Å². The SMILES string of the molecule is NC1C(=O)Nc2cc(Oc3cccc(I)c3)ccc21. The molecular weight excluding hydrogens is 355 g/mol. The van der Waals surface area contributed by atoms with E-state index in [4.69, 9.17) is 10.5 Å². The Morgan fingerprint density at radius 1 is 1.16 bits per heavy atom. The maximum atomic E-state index is 11.5. The number of ether oxygens (including phenoxy) is 1. The number of anilines is 1. The van der Waals surface area contributed by atoms with Gasteiger partial charge in [0.1, 0.15) is 17.5 Å². The topological polar surface area (TPSA) is 64.4 Å². The molecule has 1 aliphatic rings. The summed E-state index contributed by atoms with van der Waals surface area (Å²) < 4.78 is 6.86. The molecule has 1 heterocycles. The lowest BCUT2D eigenvalue weighted by atomic mass is 10.1. The number of rotatable bonds is 2.